The molecule has 13 heavy (non-hydrogen) atoms. The number of hydrogen-bond donors (Lipinski definition) is 3. The van der Waals surface area contributed by atoms with E-state index in [1.807, 2.05) is 0 Å². The predicted octanol–water partition coefficient (Wildman–Crippen LogP) is 1.30. The van der Waals surface area contributed by atoms with Crippen molar-refractivity contribution in [1.82, 2.24) is 0 Å². The maximum absolute atomic E-state index is 13.1. The zero-order valence-electron chi connectivity index (χ0n) is 7.01. The van der Waals surface area contributed by atoms with Crippen LogP contribution in [0.15, 0.2) is 12.1 Å². The van der Waals surface area contributed by atoms with Gasteiger partial charge < -0.3 is 16.2 Å². The lowest BCUT2D eigenvalue weighted by molar-refractivity contribution is 0.224. The van der Waals surface area contributed by atoms with Crippen LogP contribution in [-0.2, 0) is 0 Å². The molecule has 3 nitrogen and oxygen atoms in total. The fourth-order valence-corrected chi connectivity index (χ4v) is 0.906. The summed E-state index contributed by atoms with van der Waals surface area (Å²) in [5.41, 5.74) is 4.52. The van der Waals surface area contributed by atoms with E-state index in [-0.39, 0.29) is 5.69 Å². The zero-order chi connectivity index (χ0) is 10.0. The lowest BCUT2D eigenvalue weighted by Crippen LogP contribution is -2.15. The van der Waals surface area contributed by atoms with Crippen LogP contribution in [0, 0.1) is 11.6 Å². The Morgan fingerprint density at radius 2 is 2.08 bits per heavy atom. The monoisotopic (exact) mass is 188 g/mol. The van der Waals surface area contributed by atoms with Crippen LogP contribution >= 0.6 is 0 Å². The highest BCUT2D eigenvalue weighted by Gasteiger charge is 2.10. The van der Waals surface area contributed by atoms with Crippen molar-refractivity contribution in [1.29, 1.82) is 0 Å². The molecule has 1 rings (SSSR count). The van der Waals surface area contributed by atoms with Crippen LogP contribution in [0.4, 0.5) is 20.2 Å². The fraction of sp³-hybridized carbons (Fsp3) is 0.250. The van der Waals surface area contributed by atoms with Crippen molar-refractivity contribution in [2.24, 2.45) is 0 Å². The molecule has 0 amide bonds. The Morgan fingerprint density at radius 1 is 1.46 bits per heavy atom. The minimum atomic E-state index is -0.917. The number of nitrogens with one attached hydrogen (secondary N) is 1. The van der Waals surface area contributed by atoms with E-state index in [4.69, 9.17) is 10.8 Å². The van der Waals surface area contributed by atoms with E-state index < -0.39 is 23.5 Å². The Labute approximate surface area is 74.2 Å². The highest BCUT2D eigenvalue weighted by molar-refractivity contribution is 5.57. The summed E-state index contributed by atoms with van der Waals surface area (Å²) in [6, 6.07) is 2.21. The average Bonchev–Trinajstić information content (AvgIpc) is 2.06. The second-order valence-electron chi connectivity index (χ2n) is 2.64. The first kappa shape index (κ1) is 9.73. The Hall–Kier alpha value is -1.36. The third-order valence-corrected chi connectivity index (χ3v) is 1.49. The van der Waals surface area contributed by atoms with Gasteiger partial charge >= 0.3 is 0 Å². The number of aliphatic hydroxyl groups excluding tert-OH is 1. The second-order valence-corrected chi connectivity index (χ2v) is 2.64. The van der Waals surface area contributed by atoms with Gasteiger partial charge in [-0.15, -0.1) is 0 Å². The molecule has 0 bridgehead atoms. The van der Waals surface area contributed by atoms with Crippen molar-refractivity contribution in [3.63, 3.8) is 0 Å². The van der Waals surface area contributed by atoms with Gasteiger partial charge in [0.1, 0.15) is 17.7 Å². The molecular weight excluding hydrogens is 178 g/mol. The first-order valence-electron chi connectivity index (χ1n) is 3.70. The number of aliphatic hydroxyl groups is 1. The van der Waals surface area contributed by atoms with Crippen molar-refractivity contribution in [2.45, 2.75) is 13.2 Å². The van der Waals surface area contributed by atoms with Crippen LogP contribution in [0.1, 0.15) is 6.92 Å². The summed E-state index contributed by atoms with van der Waals surface area (Å²) < 4.78 is 25.7. The number of rotatable bonds is 2. The van der Waals surface area contributed by atoms with Gasteiger partial charge in [-0.2, -0.15) is 0 Å². The third-order valence-electron chi connectivity index (χ3n) is 1.49. The van der Waals surface area contributed by atoms with Gasteiger partial charge in [0.15, 0.2) is 5.82 Å². The summed E-state index contributed by atoms with van der Waals surface area (Å²) in [6.07, 6.45) is -0.917. The molecule has 0 radical (unpaired) electrons. The number of nitrogens with two attached hydrogens (primary N) is 1. The molecule has 0 aliphatic carbocycles. The highest BCUT2D eigenvalue weighted by Crippen LogP contribution is 2.22. The van der Waals surface area contributed by atoms with E-state index in [0.29, 0.717) is 0 Å². The van der Waals surface area contributed by atoms with Gasteiger partial charge in [0.2, 0.25) is 0 Å². The summed E-state index contributed by atoms with van der Waals surface area (Å²) >= 11 is 0. The lowest BCUT2D eigenvalue weighted by atomic mass is 10.2. The standard InChI is InChI=1S/C8H10F2N2O/c1-4(13)12-6-3-2-5(9)8(11)7(6)10/h2-4,12-13H,11H2,1H3. The van der Waals surface area contributed by atoms with Gasteiger partial charge in [-0.3, -0.25) is 0 Å². The molecule has 1 unspecified atom stereocenters. The minimum absolute atomic E-state index is 0.0195. The smallest absolute Gasteiger partial charge is 0.172 e. The number of anilines is 2. The van der Waals surface area contributed by atoms with Crippen molar-refractivity contribution in [3.8, 4) is 0 Å². The van der Waals surface area contributed by atoms with Crippen molar-refractivity contribution in [2.75, 3.05) is 11.1 Å². The number of benzene rings is 1. The molecule has 4 N–H and O–H groups in total. The van der Waals surface area contributed by atoms with Gasteiger partial charge in [0.05, 0.1) is 5.69 Å². The van der Waals surface area contributed by atoms with Crippen molar-refractivity contribution >= 4 is 11.4 Å². The SMILES string of the molecule is CC(O)Nc1ccc(F)c(N)c1F. The topological polar surface area (TPSA) is 58.3 Å². The molecule has 0 aliphatic heterocycles. The van der Waals surface area contributed by atoms with E-state index in [2.05, 4.69) is 5.32 Å². The molecule has 0 aromatic heterocycles. The van der Waals surface area contributed by atoms with Crippen molar-refractivity contribution in [3.05, 3.63) is 23.8 Å². The Morgan fingerprint density at radius 3 is 2.62 bits per heavy atom. The van der Waals surface area contributed by atoms with Gasteiger partial charge in [-0.05, 0) is 19.1 Å². The zero-order valence-corrected chi connectivity index (χ0v) is 7.01. The van der Waals surface area contributed by atoms with Crippen LogP contribution in [-0.4, -0.2) is 11.3 Å². The number of halogens is 2. The Balaban J connectivity index is 3.04. The van der Waals surface area contributed by atoms with Crippen LogP contribution in [0.5, 0.6) is 0 Å². The molecule has 0 heterocycles. The quantitative estimate of drug-likeness (QED) is 0.484. The van der Waals surface area contributed by atoms with Crippen LogP contribution in [0.3, 0.4) is 0 Å². The van der Waals surface area contributed by atoms with E-state index >= 15 is 0 Å². The molecule has 0 aliphatic rings. The molecule has 1 aromatic rings. The third kappa shape index (κ3) is 2.06. The molecule has 1 aromatic carbocycles. The van der Waals surface area contributed by atoms with Gasteiger partial charge in [0, 0.05) is 0 Å². The van der Waals surface area contributed by atoms with E-state index in [1.165, 1.54) is 13.0 Å². The molecule has 72 valence electrons. The predicted molar refractivity (Wildman–Crippen MR) is 46.1 cm³/mol. The van der Waals surface area contributed by atoms with E-state index in [0.717, 1.165) is 6.07 Å². The fourth-order valence-electron chi connectivity index (χ4n) is 0.906. The maximum Gasteiger partial charge on any atom is 0.172 e. The Kier molecular flexibility index (Phi) is 2.67. The highest BCUT2D eigenvalue weighted by atomic mass is 19.1. The molecular formula is C8H10F2N2O. The van der Waals surface area contributed by atoms with Gasteiger partial charge in [0.25, 0.3) is 0 Å². The summed E-state index contributed by atoms with van der Waals surface area (Å²) in [6.45, 7) is 1.42. The lowest BCUT2D eigenvalue weighted by Gasteiger charge is -2.11. The van der Waals surface area contributed by atoms with Crippen LogP contribution in [0.25, 0.3) is 0 Å². The summed E-state index contributed by atoms with van der Waals surface area (Å²) in [5, 5.41) is 11.3. The summed E-state index contributed by atoms with van der Waals surface area (Å²) in [4.78, 5) is 0. The van der Waals surface area contributed by atoms with Crippen LogP contribution < -0.4 is 11.1 Å². The van der Waals surface area contributed by atoms with E-state index in [1.54, 1.807) is 0 Å². The Bertz CT molecular complexity index is 315. The molecule has 0 spiro atoms. The second kappa shape index (κ2) is 3.57. The van der Waals surface area contributed by atoms with Gasteiger partial charge in [-0.25, -0.2) is 8.78 Å². The van der Waals surface area contributed by atoms with Crippen LogP contribution in [0.2, 0.25) is 0 Å². The molecule has 0 saturated heterocycles. The molecule has 0 fully saturated rings. The maximum atomic E-state index is 13.1. The number of hydrogen-bond acceptors (Lipinski definition) is 3. The largest absolute Gasteiger partial charge is 0.394 e. The number of nitrogen functional groups attached to an aromatic ring is 1. The molecule has 5 heteroatoms. The first-order valence-corrected chi connectivity index (χ1v) is 3.70. The van der Waals surface area contributed by atoms with Crippen molar-refractivity contribution < 1.29 is 13.9 Å². The van der Waals surface area contributed by atoms with Gasteiger partial charge in [-0.1, -0.05) is 0 Å². The van der Waals surface area contributed by atoms with E-state index in [9.17, 15) is 8.78 Å². The molecule has 1 atom stereocenters. The first-order chi connectivity index (χ1) is 6.02. The summed E-state index contributed by atoms with van der Waals surface area (Å²) in [5.74, 6) is -1.70. The average molecular weight is 188 g/mol. The minimum Gasteiger partial charge on any atom is -0.394 e. The molecule has 0 saturated carbocycles. The summed E-state index contributed by atoms with van der Waals surface area (Å²) in [7, 11) is 0. The normalized spacial score (nSPS) is 12.6.